The Morgan fingerprint density at radius 1 is 1.69 bits per heavy atom. The van der Waals surface area contributed by atoms with E-state index in [1.807, 2.05) is 6.92 Å². The van der Waals surface area contributed by atoms with Gasteiger partial charge in [-0.1, -0.05) is 0 Å². The highest BCUT2D eigenvalue weighted by Gasteiger charge is 2.00. The third kappa shape index (κ3) is 2.74. The molecule has 0 unspecified atom stereocenters. The van der Waals surface area contributed by atoms with Crippen molar-refractivity contribution in [1.82, 2.24) is 9.88 Å². The first-order valence-corrected chi connectivity index (χ1v) is 4.14. The molecule has 0 saturated carbocycles. The largest absolute Gasteiger partial charge is 0.355 e. The fourth-order valence-electron chi connectivity index (χ4n) is 1.05. The molecule has 0 aliphatic rings. The molecule has 1 N–H and O–H groups in total. The summed E-state index contributed by atoms with van der Waals surface area (Å²) in [6.45, 7) is 2.76. The quantitative estimate of drug-likeness (QED) is 0.683. The molecule has 0 aromatic carbocycles. The summed E-state index contributed by atoms with van der Waals surface area (Å²) >= 11 is 0. The summed E-state index contributed by atoms with van der Waals surface area (Å²) in [5.74, 6) is -0.0458. The molecule has 4 heteroatoms. The van der Waals surface area contributed by atoms with Crippen LogP contribution in [0.5, 0.6) is 0 Å². The number of carbonyl (C=O) groups is 2. The number of likely N-dealkylation sites (N-methyl/N-ethyl adjacent to an activating group) is 1. The Balaban J connectivity index is 2.53. The smallest absolute Gasteiger partial charge is 0.239 e. The van der Waals surface area contributed by atoms with E-state index in [4.69, 9.17) is 0 Å². The molecule has 0 aliphatic carbocycles. The van der Waals surface area contributed by atoms with E-state index >= 15 is 0 Å². The first kappa shape index (κ1) is 9.51. The predicted octanol–water partition coefficient (Wildman–Crippen LogP) is 0.437. The maximum atomic E-state index is 11.1. The van der Waals surface area contributed by atoms with Crippen molar-refractivity contribution in [3.8, 4) is 0 Å². The van der Waals surface area contributed by atoms with Crippen LogP contribution in [0, 0.1) is 0 Å². The molecule has 0 fully saturated rings. The maximum absolute atomic E-state index is 11.1. The van der Waals surface area contributed by atoms with Crippen molar-refractivity contribution in [2.75, 3.05) is 6.54 Å². The number of aldehydes is 1. The topological polar surface area (TPSA) is 51.1 Å². The summed E-state index contributed by atoms with van der Waals surface area (Å²) in [7, 11) is 0. The standard InChI is InChI=1S/C9H12N2O2/c1-2-10-9(13)6-11-4-3-8(5-11)7-12/h3-5,7H,2,6H2,1H3,(H,10,13). The van der Waals surface area contributed by atoms with Crippen molar-refractivity contribution in [3.63, 3.8) is 0 Å². The highest BCUT2D eigenvalue weighted by molar-refractivity contribution is 5.77. The predicted molar refractivity (Wildman–Crippen MR) is 48.5 cm³/mol. The van der Waals surface area contributed by atoms with Gasteiger partial charge in [0.2, 0.25) is 5.91 Å². The minimum atomic E-state index is -0.0458. The first-order chi connectivity index (χ1) is 6.26. The zero-order chi connectivity index (χ0) is 9.68. The van der Waals surface area contributed by atoms with Crippen molar-refractivity contribution in [1.29, 1.82) is 0 Å². The van der Waals surface area contributed by atoms with E-state index in [9.17, 15) is 9.59 Å². The fraction of sp³-hybridized carbons (Fsp3) is 0.333. The van der Waals surface area contributed by atoms with Gasteiger partial charge >= 0.3 is 0 Å². The summed E-state index contributed by atoms with van der Waals surface area (Å²) < 4.78 is 1.68. The number of hydrogen-bond acceptors (Lipinski definition) is 2. The van der Waals surface area contributed by atoms with Gasteiger partial charge in [0, 0.05) is 24.5 Å². The number of nitrogens with zero attached hydrogens (tertiary/aromatic N) is 1. The van der Waals surface area contributed by atoms with E-state index in [-0.39, 0.29) is 12.5 Å². The lowest BCUT2D eigenvalue weighted by Crippen LogP contribution is -2.26. The molecule has 1 heterocycles. The number of hydrogen-bond donors (Lipinski definition) is 1. The Kier molecular flexibility index (Phi) is 3.25. The number of aromatic nitrogens is 1. The van der Waals surface area contributed by atoms with Gasteiger partial charge in [-0.3, -0.25) is 9.59 Å². The van der Waals surface area contributed by atoms with Crippen LogP contribution < -0.4 is 5.32 Å². The Labute approximate surface area is 76.5 Å². The van der Waals surface area contributed by atoms with Crippen LogP contribution in [0.4, 0.5) is 0 Å². The van der Waals surface area contributed by atoms with E-state index < -0.39 is 0 Å². The summed E-state index contributed by atoms with van der Waals surface area (Å²) in [5.41, 5.74) is 0.587. The van der Waals surface area contributed by atoms with Crippen LogP contribution in [0.2, 0.25) is 0 Å². The molecule has 4 nitrogen and oxygen atoms in total. The molecule has 0 spiro atoms. The first-order valence-electron chi connectivity index (χ1n) is 4.14. The van der Waals surface area contributed by atoms with Gasteiger partial charge in [0.15, 0.2) is 6.29 Å². The van der Waals surface area contributed by atoms with Crippen molar-refractivity contribution in [3.05, 3.63) is 24.0 Å². The summed E-state index contributed by atoms with van der Waals surface area (Å²) in [4.78, 5) is 21.4. The van der Waals surface area contributed by atoms with Gasteiger partial charge in [0.1, 0.15) is 6.54 Å². The van der Waals surface area contributed by atoms with Crippen LogP contribution in [0.25, 0.3) is 0 Å². The number of nitrogens with one attached hydrogen (secondary N) is 1. The van der Waals surface area contributed by atoms with Crippen molar-refractivity contribution in [2.24, 2.45) is 0 Å². The van der Waals surface area contributed by atoms with Gasteiger partial charge < -0.3 is 9.88 Å². The Hall–Kier alpha value is -1.58. The number of amides is 1. The second kappa shape index (κ2) is 4.45. The van der Waals surface area contributed by atoms with Crippen LogP contribution >= 0.6 is 0 Å². The maximum Gasteiger partial charge on any atom is 0.239 e. The van der Waals surface area contributed by atoms with Crippen LogP contribution in [-0.2, 0) is 11.3 Å². The second-order valence-electron chi connectivity index (χ2n) is 2.69. The fourth-order valence-corrected chi connectivity index (χ4v) is 1.05. The average molecular weight is 180 g/mol. The highest BCUT2D eigenvalue weighted by Crippen LogP contribution is 1.97. The summed E-state index contributed by atoms with van der Waals surface area (Å²) in [5, 5.41) is 2.67. The molecule has 0 atom stereocenters. The molecule has 1 rings (SSSR count). The lowest BCUT2D eigenvalue weighted by atomic mass is 10.4. The zero-order valence-corrected chi connectivity index (χ0v) is 7.49. The lowest BCUT2D eigenvalue weighted by Gasteiger charge is -2.02. The number of carbonyl (C=O) groups excluding carboxylic acids is 2. The van der Waals surface area contributed by atoms with Crippen molar-refractivity contribution >= 4 is 12.2 Å². The van der Waals surface area contributed by atoms with E-state index in [0.29, 0.717) is 12.1 Å². The molecule has 0 radical (unpaired) electrons. The average Bonchev–Trinajstić information content (AvgIpc) is 2.52. The van der Waals surface area contributed by atoms with E-state index in [1.165, 1.54) is 0 Å². The van der Waals surface area contributed by atoms with Gasteiger partial charge in [-0.25, -0.2) is 0 Å². The van der Waals surface area contributed by atoms with Gasteiger partial charge in [-0.15, -0.1) is 0 Å². The normalized spacial score (nSPS) is 9.62. The molecule has 1 amide bonds. The molecule has 13 heavy (non-hydrogen) atoms. The Morgan fingerprint density at radius 3 is 3.00 bits per heavy atom. The summed E-state index contributed by atoms with van der Waals surface area (Å²) in [6, 6.07) is 1.67. The Bertz CT molecular complexity index is 304. The van der Waals surface area contributed by atoms with Crippen LogP contribution in [0.15, 0.2) is 18.5 Å². The molecular weight excluding hydrogens is 168 g/mol. The molecule has 0 saturated heterocycles. The van der Waals surface area contributed by atoms with E-state index in [2.05, 4.69) is 5.32 Å². The minimum absolute atomic E-state index is 0.0458. The molecular formula is C9H12N2O2. The van der Waals surface area contributed by atoms with Crippen LogP contribution in [0.3, 0.4) is 0 Å². The monoisotopic (exact) mass is 180 g/mol. The van der Waals surface area contributed by atoms with Crippen molar-refractivity contribution < 1.29 is 9.59 Å². The van der Waals surface area contributed by atoms with Gasteiger partial charge in [0.25, 0.3) is 0 Å². The van der Waals surface area contributed by atoms with Crippen LogP contribution in [-0.4, -0.2) is 23.3 Å². The molecule has 1 aromatic rings. The number of rotatable bonds is 4. The third-order valence-electron chi connectivity index (χ3n) is 1.61. The lowest BCUT2D eigenvalue weighted by molar-refractivity contribution is -0.121. The van der Waals surface area contributed by atoms with E-state index in [1.54, 1.807) is 23.0 Å². The highest BCUT2D eigenvalue weighted by atomic mass is 16.1. The Morgan fingerprint density at radius 2 is 2.46 bits per heavy atom. The van der Waals surface area contributed by atoms with Crippen LogP contribution in [0.1, 0.15) is 17.3 Å². The molecule has 70 valence electrons. The molecule has 0 bridgehead atoms. The van der Waals surface area contributed by atoms with Crippen molar-refractivity contribution in [2.45, 2.75) is 13.5 Å². The van der Waals surface area contributed by atoms with Gasteiger partial charge in [0.05, 0.1) is 0 Å². The minimum Gasteiger partial charge on any atom is -0.355 e. The second-order valence-corrected chi connectivity index (χ2v) is 2.69. The third-order valence-corrected chi connectivity index (χ3v) is 1.61. The zero-order valence-electron chi connectivity index (χ0n) is 7.49. The van der Waals surface area contributed by atoms with Gasteiger partial charge in [-0.05, 0) is 13.0 Å². The SMILES string of the molecule is CCNC(=O)Cn1ccc(C=O)c1. The van der Waals surface area contributed by atoms with Gasteiger partial charge in [-0.2, -0.15) is 0 Å². The summed E-state index contributed by atoms with van der Waals surface area (Å²) in [6.07, 6.45) is 4.11. The molecule has 0 aliphatic heterocycles. The molecule has 1 aromatic heterocycles. The van der Waals surface area contributed by atoms with E-state index in [0.717, 1.165) is 6.29 Å².